The van der Waals surface area contributed by atoms with Gasteiger partial charge < -0.3 is 20.1 Å². The molecule has 78 valence electrons. The smallest absolute Gasteiger partial charge is 0.151 e. The van der Waals surface area contributed by atoms with Crippen LogP contribution in [-0.4, -0.2) is 46.0 Å². The van der Waals surface area contributed by atoms with Gasteiger partial charge in [0.25, 0.3) is 0 Å². The highest BCUT2D eigenvalue weighted by molar-refractivity contribution is 5.56. The van der Waals surface area contributed by atoms with E-state index >= 15 is 0 Å². The minimum atomic E-state index is -1.60. The number of aliphatic hydroxyl groups excluding tert-OH is 3. The molecule has 6 nitrogen and oxygen atoms in total. The molecule has 0 fully saturated rings. The molecule has 0 aliphatic heterocycles. The van der Waals surface area contributed by atoms with E-state index in [1.807, 2.05) is 0 Å². The number of carbonyl (C=O) groups is 1. The summed E-state index contributed by atoms with van der Waals surface area (Å²) >= 11 is 0. The standard InChI is InChI=1S/C7H15NO5/c1-2-4(10)7(13-8)6(12)5(11)3-9/h3-7,10-12H,2,8H2,1H3/t4?,5?,6?,7-/m1/s1. The molecule has 0 saturated carbocycles. The Kier molecular flexibility index (Phi) is 5.76. The van der Waals surface area contributed by atoms with Crippen LogP contribution in [0.3, 0.4) is 0 Å². The molecule has 0 aliphatic rings. The Bertz CT molecular complexity index is 154. The van der Waals surface area contributed by atoms with Gasteiger partial charge in [-0.25, -0.2) is 5.90 Å². The zero-order valence-corrected chi connectivity index (χ0v) is 7.33. The molecule has 0 amide bonds. The number of rotatable bonds is 6. The Labute approximate surface area is 75.9 Å². The van der Waals surface area contributed by atoms with Crippen molar-refractivity contribution in [1.82, 2.24) is 0 Å². The molecule has 6 heteroatoms. The molecule has 0 aliphatic carbocycles. The highest BCUT2D eigenvalue weighted by atomic mass is 16.6. The first-order valence-electron chi connectivity index (χ1n) is 3.93. The van der Waals surface area contributed by atoms with Gasteiger partial charge in [-0.05, 0) is 6.42 Å². The maximum absolute atomic E-state index is 10.1. The summed E-state index contributed by atoms with van der Waals surface area (Å²) in [5, 5.41) is 27.4. The summed E-state index contributed by atoms with van der Waals surface area (Å²) in [4.78, 5) is 14.4. The third-order valence-corrected chi connectivity index (χ3v) is 1.78. The van der Waals surface area contributed by atoms with Gasteiger partial charge in [0.15, 0.2) is 6.29 Å². The summed E-state index contributed by atoms with van der Waals surface area (Å²) in [6.07, 6.45) is -4.85. The molecule has 0 radical (unpaired) electrons. The molecular formula is C7H15NO5. The summed E-state index contributed by atoms with van der Waals surface area (Å²) in [6, 6.07) is 0. The number of aliphatic hydroxyl groups is 3. The van der Waals surface area contributed by atoms with Gasteiger partial charge in [-0.2, -0.15) is 0 Å². The van der Waals surface area contributed by atoms with Crippen LogP contribution in [0.1, 0.15) is 13.3 Å². The zero-order valence-electron chi connectivity index (χ0n) is 7.33. The van der Waals surface area contributed by atoms with E-state index in [-0.39, 0.29) is 6.29 Å². The zero-order chi connectivity index (χ0) is 10.4. The van der Waals surface area contributed by atoms with Gasteiger partial charge in [-0.15, -0.1) is 0 Å². The summed E-state index contributed by atoms with van der Waals surface area (Å²) in [6.45, 7) is 1.65. The lowest BCUT2D eigenvalue weighted by Crippen LogP contribution is -2.47. The minimum Gasteiger partial charge on any atom is -0.390 e. The summed E-state index contributed by atoms with van der Waals surface area (Å²) in [5.74, 6) is 4.80. The normalized spacial score (nSPS) is 20.4. The number of hydrogen-bond donors (Lipinski definition) is 4. The molecule has 0 rings (SSSR count). The van der Waals surface area contributed by atoms with Crippen molar-refractivity contribution in [1.29, 1.82) is 0 Å². The maximum Gasteiger partial charge on any atom is 0.151 e. The van der Waals surface area contributed by atoms with Crippen LogP contribution in [-0.2, 0) is 9.63 Å². The van der Waals surface area contributed by atoms with Crippen LogP contribution < -0.4 is 5.90 Å². The Hall–Kier alpha value is -0.530. The Morgan fingerprint density at radius 1 is 1.46 bits per heavy atom. The number of aldehydes is 1. The van der Waals surface area contributed by atoms with Gasteiger partial charge >= 0.3 is 0 Å². The second-order valence-corrected chi connectivity index (χ2v) is 2.69. The number of hydrogen-bond acceptors (Lipinski definition) is 6. The molecule has 5 N–H and O–H groups in total. The van der Waals surface area contributed by atoms with Crippen molar-refractivity contribution in [3.05, 3.63) is 0 Å². The lowest BCUT2D eigenvalue weighted by molar-refractivity contribution is -0.146. The molecule has 0 aromatic carbocycles. The van der Waals surface area contributed by atoms with E-state index in [0.29, 0.717) is 6.42 Å². The summed E-state index contributed by atoms with van der Waals surface area (Å²) in [7, 11) is 0. The lowest BCUT2D eigenvalue weighted by Gasteiger charge is -2.25. The SMILES string of the molecule is CCC(O)[C@@H](ON)C(O)C(O)C=O. The predicted molar refractivity (Wildman–Crippen MR) is 43.4 cm³/mol. The maximum atomic E-state index is 10.1. The van der Waals surface area contributed by atoms with Crippen molar-refractivity contribution in [3.63, 3.8) is 0 Å². The van der Waals surface area contributed by atoms with Crippen molar-refractivity contribution in [2.45, 2.75) is 37.8 Å². The fourth-order valence-electron chi connectivity index (χ4n) is 0.906. The molecule has 0 heterocycles. The average molecular weight is 193 g/mol. The third-order valence-electron chi connectivity index (χ3n) is 1.78. The molecule has 4 atom stereocenters. The number of nitrogens with two attached hydrogens (primary N) is 1. The molecule has 0 spiro atoms. The van der Waals surface area contributed by atoms with Crippen molar-refractivity contribution >= 4 is 6.29 Å². The van der Waals surface area contributed by atoms with E-state index in [1.165, 1.54) is 0 Å². The summed E-state index contributed by atoms with van der Waals surface area (Å²) in [5.41, 5.74) is 0. The Morgan fingerprint density at radius 2 is 2.00 bits per heavy atom. The van der Waals surface area contributed by atoms with Crippen LogP contribution in [0.2, 0.25) is 0 Å². The average Bonchev–Trinajstić information content (AvgIpc) is 2.17. The van der Waals surface area contributed by atoms with Gasteiger partial charge in [0.2, 0.25) is 0 Å². The van der Waals surface area contributed by atoms with Gasteiger partial charge in [-0.3, -0.25) is 4.84 Å². The highest BCUT2D eigenvalue weighted by Gasteiger charge is 2.31. The van der Waals surface area contributed by atoms with E-state index in [1.54, 1.807) is 6.92 Å². The fourth-order valence-corrected chi connectivity index (χ4v) is 0.906. The Morgan fingerprint density at radius 3 is 2.31 bits per heavy atom. The topological polar surface area (TPSA) is 113 Å². The monoisotopic (exact) mass is 193 g/mol. The first kappa shape index (κ1) is 12.5. The molecule has 0 saturated heterocycles. The summed E-state index contributed by atoms with van der Waals surface area (Å²) < 4.78 is 0. The van der Waals surface area contributed by atoms with Gasteiger partial charge in [-0.1, -0.05) is 6.92 Å². The van der Waals surface area contributed by atoms with Crippen LogP contribution in [0.15, 0.2) is 0 Å². The second kappa shape index (κ2) is 6.01. The van der Waals surface area contributed by atoms with Crippen LogP contribution >= 0.6 is 0 Å². The van der Waals surface area contributed by atoms with Gasteiger partial charge in [0, 0.05) is 0 Å². The fraction of sp³-hybridized carbons (Fsp3) is 0.857. The largest absolute Gasteiger partial charge is 0.390 e. The first-order chi connectivity index (χ1) is 6.08. The minimum absolute atomic E-state index is 0.152. The number of carbonyl (C=O) groups excluding carboxylic acids is 1. The van der Waals surface area contributed by atoms with E-state index in [2.05, 4.69) is 4.84 Å². The van der Waals surface area contributed by atoms with Crippen molar-refractivity contribution < 1.29 is 25.0 Å². The van der Waals surface area contributed by atoms with Crippen LogP contribution in [0, 0.1) is 0 Å². The van der Waals surface area contributed by atoms with E-state index < -0.39 is 24.4 Å². The quantitative estimate of drug-likeness (QED) is 0.285. The third kappa shape index (κ3) is 3.37. The van der Waals surface area contributed by atoms with Crippen molar-refractivity contribution in [3.8, 4) is 0 Å². The lowest BCUT2D eigenvalue weighted by atomic mass is 10.0. The predicted octanol–water partition coefficient (Wildman–Crippen LogP) is -2.06. The molecule has 0 aromatic rings. The van der Waals surface area contributed by atoms with E-state index in [9.17, 15) is 15.0 Å². The molecular weight excluding hydrogens is 178 g/mol. The molecule has 0 bridgehead atoms. The van der Waals surface area contributed by atoms with Crippen LogP contribution in [0.4, 0.5) is 0 Å². The second-order valence-electron chi connectivity index (χ2n) is 2.69. The van der Waals surface area contributed by atoms with Crippen LogP contribution in [0.5, 0.6) is 0 Å². The molecule has 0 aromatic heterocycles. The Balaban J connectivity index is 4.29. The first-order valence-corrected chi connectivity index (χ1v) is 3.93. The van der Waals surface area contributed by atoms with Crippen molar-refractivity contribution in [2.75, 3.05) is 0 Å². The van der Waals surface area contributed by atoms with Crippen molar-refractivity contribution in [2.24, 2.45) is 5.90 Å². The molecule has 13 heavy (non-hydrogen) atoms. The van der Waals surface area contributed by atoms with Gasteiger partial charge in [0.05, 0.1) is 6.10 Å². The van der Waals surface area contributed by atoms with Crippen LogP contribution in [0.25, 0.3) is 0 Å². The highest BCUT2D eigenvalue weighted by Crippen LogP contribution is 2.09. The van der Waals surface area contributed by atoms with E-state index in [4.69, 9.17) is 11.0 Å². The van der Waals surface area contributed by atoms with Gasteiger partial charge in [0.1, 0.15) is 18.3 Å². The molecule has 3 unspecified atom stereocenters. The van der Waals surface area contributed by atoms with E-state index in [0.717, 1.165) is 0 Å².